The van der Waals surface area contributed by atoms with Gasteiger partial charge in [0.1, 0.15) is 0 Å². The van der Waals surface area contributed by atoms with E-state index in [0.29, 0.717) is 5.25 Å². The summed E-state index contributed by atoms with van der Waals surface area (Å²) in [5.74, 6) is 0.955. The predicted octanol–water partition coefficient (Wildman–Crippen LogP) is 2.81. The molecule has 1 aromatic rings. The molecule has 14 heavy (non-hydrogen) atoms. The first-order valence-corrected chi connectivity index (χ1v) is 5.82. The molecule has 1 atom stereocenters. The Labute approximate surface area is 89.8 Å². The zero-order valence-electron chi connectivity index (χ0n) is 8.39. The Bertz CT molecular complexity index is 269. The highest BCUT2D eigenvalue weighted by molar-refractivity contribution is 8.00. The monoisotopic (exact) mass is 208 g/mol. The van der Waals surface area contributed by atoms with E-state index in [1.54, 1.807) is 11.8 Å². The third-order valence-electron chi connectivity index (χ3n) is 1.84. The van der Waals surface area contributed by atoms with Crippen molar-refractivity contribution in [3.8, 4) is 0 Å². The lowest BCUT2D eigenvalue weighted by atomic mass is 10.2. The van der Waals surface area contributed by atoms with E-state index in [1.165, 1.54) is 5.56 Å². The molecule has 0 radical (unpaired) electrons. The van der Waals surface area contributed by atoms with E-state index in [9.17, 15) is 0 Å². The maximum absolute atomic E-state index is 8.81. The number of thioether (sulfide) groups is 1. The zero-order valence-corrected chi connectivity index (χ0v) is 9.20. The molecule has 2 heteroatoms. The average Bonchev–Trinajstić information content (AvgIpc) is 2.25. The van der Waals surface area contributed by atoms with Crippen LogP contribution < -0.4 is 0 Å². The van der Waals surface area contributed by atoms with E-state index in [-0.39, 0.29) is 6.61 Å². The van der Waals surface area contributed by atoms with Crippen molar-refractivity contribution in [1.82, 2.24) is 0 Å². The van der Waals surface area contributed by atoms with Crippen molar-refractivity contribution in [2.75, 3.05) is 12.4 Å². The van der Waals surface area contributed by atoms with Gasteiger partial charge in [-0.1, -0.05) is 49.4 Å². The largest absolute Gasteiger partial charge is 0.395 e. The molecule has 0 aromatic heterocycles. The van der Waals surface area contributed by atoms with Crippen LogP contribution in [-0.4, -0.2) is 22.7 Å². The van der Waals surface area contributed by atoms with Crippen molar-refractivity contribution in [3.05, 3.63) is 42.0 Å². The van der Waals surface area contributed by atoms with Crippen LogP contribution in [0.2, 0.25) is 0 Å². The molecule has 1 rings (SSSR count). The minimum Gasteiger partial charge on any atom is -0.395 e. The Hall–Kier alpha value is -0.730. The molecule has 1 N–H and O–H groups in total. The van der Waals surface area contributed by atoms with Crippen LogP contribution in [0.25, 0.3) is 6.08 Å². The summed E-state index contributed by atoms with van der Waals surface area (Å²) in [6, 6.07) is 10.2. The number of hydrogen-bond donors (Lipinski definition) is 1. The van der Waals surface area contributed by atoms with E-state index in [0.717, 1.165) is 5.75 Å². The van der Waals surface area contributed by atoms with E-state index < -0.39 is 0 Å². The molecular formula is C12H16OS. The first-order valence-electron chi connectivity index (χ1n) is 4.77. The molecule has 0 bridgehead atoms. The van der Waals surface area contributed by atoms with Gasteiger partial charge in [-0.2, -0.15) is 11.8 Å². The van der Waals surface area contributed by atoms with Crippen molar-refractivity contribution in [1.29, 1.82) is 0 Å². The van der Waals surface area contributed by atoms with Crippen LogP contribution >= 0.6 is 11.8 Å². The SMILES string of the molecule is CC(CO)SC/C=C/c1ccccc1. The van der Waals surface area contributed by atoms with Gasteiger partial charge in [-0.15, -0.1) is 0 Å². The van der Waals surface area contributed by atoms with Crippen LogP contribution in [0, 0.1) is 0 Å². The number of benzene rings is 1. The minimum absolute atomic E-state index is 0.254. The quantitative estimate of drug-likeness (QED) is 0.803. The fourth-order valence-electron chi connectivity index (χ4n) is 1.02. The standard InChI is InChI=1S/C12H16OS/c1-11(10-13)14-9-5-8-12-6-3-2-4-7-12/h2-8,11,13H,9-10H2,1H3/b8-5+. The molecule has 0 saturated carbocycles. The molecule has 0 aliphatic heterocycles. The van der Waals surface area contributed by atoms with Gasteiger partial charge < -0.3 is 5.11 Å². The van der Waals surface area contributed by atoms with E-state index in [1.807, 2.05) is 25.1 Å². The molecule has 0 fully saturated rings. The van der Waals surface area contributed by atoms with Crippen LogP contribution in [0.5, 0.6) is 0 Å². The molecule has 1 aromatic carbocycles. The zero-order chi connectivity index (χ0) is 10.2. The van der Waals surface area contributed by atoms with Crippen LogP contribution in [0.4, 0.5) is 0 Å². The summed E-state index contributed by atoms with van der Waals surface area (Å²) in [4.78, 5) is 0. The third kappa shape index (κ3) is 4.49. The molecule has 0 saturated heterocycles. The Morgan fingerprint density at radius 3 is 2.71 bits per heavy atom. The molecule has 1 unspecified atom stereocenters. The average molecular weight is 208 g/mol. The summed E-state index contributed by atoms with van der Waals surface area (Å²) in [5, 5.41) is 9.14. The molecular weight excluding hydrogens is 192 g/mol. The Morgan fingerprint density at radius 2 is 2.07 bits per heavy atom. The first-order chi connectivity index (χ1) is 6.83. The van der Waals surface area contributed by atoms with Crippen LogP contribution in [-0.2, 0) is 0 Å². The van der Waals surface area contributed by atoms with Gasteiger partial charge in [0.25, 0.3) is 0 Å². The molecule has 0 aliphatic rings. The van der Waals surface area contributed by atoms with Crippen molar-refractivity contribution >= 4 is 17.8 Å². The third-order valence-corrected chi connectivity index (χ3v) is 2.95. The van der Waals surface area contributed by atoms with Crippen molar-refractivity contribution in [3.63, 3.8) is 0 Å². The highest BCUT2D eigenvalue weighted by atomic mass is 32.2. The maximum Gasteiger partial charge on any atom is 0.0547 e. The molecule has 0 aliphatic carbocycles. The second kappa shape index (κ2) is 6.68. The molecule has 0 amide bonds. The second-order valence-electron chi connectivity index (χ2n) is 3.14. The van der Waals surface area contributed by atoms with E-state index in [2.05, 4.69) is 24.3 Å². The molecule has 0 heterocycles. The summed E-state index contributed by atoms with van der Waals surface area (Å²) in [6.45, 7) is 2.28. The first kappa shape index (κ1) is 11.3. The smallest absolute Gasteiger partial charge is 0.0547 e. The Balaban J connectivity index is 2.28. The predicted molar refractivity (Wildman–Crippen MR) is 64.5 cm³/mol. The van der Waals surface area contributed by atoms with Crippen molar-refractivity contribution in [2.45, 2.75) is 12.2 Å². The fourth-order valence-corrected chi connectivity index (χ4v) is 1.66. The van der Waals surface area contributed by atoms with Crippen LogP contribution in [0.15, 0.2) is 36.4 Å². The highest BCUT2D eigenvalue weighted by Gasteiger charge is 1.96. The van der Waals surface area contributed by atoms with Gasteiger partial charge in [0.05, 0.1) is 6.61 Å². The van der Waals surface area contributed by atoms with Gasteiger partial charge in [0, 0.05) is 11.0 Å². The highest BCUT2D eigenvalue weighted by Crippen LogP contribution is 2.10. The normalized spacial score (nSPS) is 13.3. The van der Waals surface area contributed by atoms with Crippen LogP contribution in [0.1, 0.15) is 12.5 Å². The Morgan fingerprint density at radius 1 is 1.36 bits per heavy atom. The lowest BCUT2D eigenvalue weighted by molar-refractivity contribution is 0.300. The molecule has 76 valence electrons. The van der Waals surface area contributed by atoms with E-state index in [4.69, 9.17) is 5.11 Å². The van der Waals surface area contributed by atoms with Gasteiger partial charge in [-0.25, -0.2) is 0 Å². The lowest BCUT2D eigenvalue weighted by Crippen LogP contribution is -2.01. The van der Waals surface area contributed by atoms with Gasteiger partial charge in [-0.3, -0.25) is 0 Å². The number of aliphatic hydroxyl groups excluding tert-OH is 1. The van der Waals surface area contributed by atoms with Crippen molar-refractivity contribution in [2.24, 2.45) is 0 Å². The van der Waals surface area contributed by atoms with Gasteiger partial charge in [-0.05, 0) is 5.56 Å². The number of aliphatic hydroxyl groups is 1. The van der Waals surface area contributed by atoms with E-state index >= 15 is 0 Å². The fraction of sp³-hybridized carbons (Fsp3) is 0.333. The molecule has 1 nitrogen and oxygen atoms in total. The maximum atomic E-state index is 8.81. The second-order valence-corrected chi connectivity index (χ2v) is 4.61. The summed E-state index contributed by atoms with van der Waals surface area (Å²) < 4.78 is 0. The number of hydrogen-bond acceptors (Lipinski definition) is 2. The lowest BCUT2D eigenvalue weighted by Gasteiger charge is -2.03. The van der Waals surface area contributed by atoms with Gasteiger partial charge >= 0.3 is 0 Å². The summed E-state index contributed by atoms with van der Waals surface area (Å²) in [6.07, 6.45) is 4.24. The van der Waals surface area contributed by atoms with Gasteiger partial charge in [0.15, 0.2) is 0 Å². The van der Waals surface area contributed by atoms with Crippen molar-refractivity contribution < 1.29 is 5.11 Å². The summed E-state index contributed by atoms with van der Waals surface area (Å²) >= 11 is 1.76. The summed E-state index contributed by atoms with van der Waals surface area (Å²) in [7, 11) is 0. The summed E-state index contributed by atoms with van der Waals surface area (Å²) in [5.41, 5.74) is 1.23. The van der Waals surface area contributed by atoms with Crippen LogP contribution in [0.3, 0.4) is 0 Å². The number of rotatable bonds is 5. The Kier molecular flexibility index (Phi) is 5.42. The minimum atomic E-state index is 0.254. The van der Waals surface area contributed by atoms with Gasteiger partial charge in [0.2, 0.25) is 0 Å². The molecule has 0 spiro atoms. The topological polar surface area (TPSA) is 20.2 Å².